The average molecular weight is 292 g/mol. The van der Waals surface area contributed by atoms with Crippen molar-refractivity contribution in [3.63, 3.8) is 0 Å². The highest BCUT2D eigenvalue weighted by atomic mass is 16.2. The average Bonchev–Trinajstić information content (AvgIpc) is 2.45. The second-order valence-corrected chi connectivity index (χ2v) is 5.60. The Morgan fingerprint density at radius 3 is 2.14 bits per heavy atom. The molecule has 0 aliphatic heterocycles. The maximum atomic E-state index is 12.6. The van der Waals surface area contributed by atoms with Crippen LogP contribution in [0.5, 0.6) is 0 Å². The topological polar surface area (TPSA) is 53.2 Å². The van der Waals surface area contributed by atoms with Crippen LogP contribution in [0.1, 0.15) is 68.4 Å². The number of H-pyrrole nitrogens is 1. The van der Waals surface area contributed by atoms with Gasteiger partial charge in [-0.25, -0.2) is 0 Å². The summed E-state index contributed by atoms with van der Waals surface area (Å²) in [5, 5.41) is 0. The van der Waals surface area contributed by atoms with E-state index in [0.29, 0.717) is 0 Å². The normalized spacial score (nSPS) is 10.6. The van der Waals surface area contributed by atoms with Gasteiger partial charge in [0.2, 0.25) is 0 Å². The van der Waals surface area contributed by atoms with E-state index in [-0.39, 0.29) is 16.9 Å². The number of hydrogen-bond donors (Lipinski definition) is 1. The Morgan fingerprint density at radius 1 is 1.10 bits per heavy atom. The largest absolute Gasteiger partial charge is 0.364 e. The van der Waals surface area contributed by atoms with Crippen LogP contribution in [0.25, 0.3) is 0 Å². The summed E-state index contributed by atoms with van der Waals surface area (Å²) in [6.07, 6.45) is 8.02. The summed E-state index contributed by atoms with van der Waals surface area (Å²) in [7, 11) is 0. The molecule has 0 unspecified atom stereocenters. The van der Waals surface area contributed by atoms with Crippen LogP contribution in [-0.2, 0) is 0 Å². The minimum Gasteiger partial charge on any atom is -0.364 e. The number of nitrogens with one attached hydrogen (secondary N) is 1. The summed E-state index contributed by atoms with van der Waals surface area (Å²) in [6.45, 7) is 7.59. The number of carbonyl (C=O) groups excluding carboxylic acids is 1. The summed E-state index contributed by atoms with van der Waals surface area (Å²) in [5.74, 6) is -0.136. The molecule has 4 nitrogen and oxygen atoms in total. The van der Waals surface area contributed by atoms with Gasteiger partial charge in [-0.3, -0.25) is 9.59 Å². The van der Waals surface area contributed by atoms with Crippen LogP contribution in [-0.4, -0.2) is 28.9 Å². The lowest BCUT2D eigenvalue weighted by molar-refractivity contribution is 0.0748. The highest BCUT2D eigenvalue weighted by Crippen LogP contribution is 2.07. The van der Waals surface area contributed by atoms with Gasteiger partial charge >= 0.3 is 0 Å². The third-order valence-electron chi connectivity index (χ3n) is 3.64. The van der Waals surface area contributed by atoms with E-state index in [0.717, 1.165) is 57.3 Å². The van der Waals surface area contributed by atoms with Crippen LogP contribution in [0.3, 0.4) is 0 Å². The molecule has 0 saturated heterocycles. The second kappa shape index (κ2) is 9.37. The van der Waals surface area contributed by atoms with Gasteiger partial charge in [0.05, 0.1) is 0 Å². The van der Waals surface area contributed by atoms with Crippen molar-refractivity contribution < 1.29 is 4.79 Å². The smallest absolute Gasteiger partial charge is 0.259 e. The Morgan fingerprint density at radius 2 is 1.67 bits per heavy atom. The van der Waals surface area contributed by atoms with Crippen molar-refractivity contribution >= 4 is 5.91 Å². The van der Waals surface area contributed by atoms with E-state index in [1.165, 1.54) is 6.07 Å². The van der Waals surface area contributed by atoms with Crippen molar-refractivity contribution in [3.05, 3.63) is 33.7 Å². The molecule has 1 heterocycles. The number of aromatic nitrogens is 1. The lowest BCUT2D eigenvalue weighted by Gasteiger charge is -2.22. The molecular weight excluding hydrogens is 264 g/mol. The number of pyridine rings is 1. The highest BCUT2D eigenvalue weighted by Gasteiger charge is 2.17. The van der Waals surface area contributed by atoms with Crippen LogP contribution in [0.4, 0.5) is 0 Å². The first-order chi connectivity index (χ1) is 10.1. The third kappa shape index (κ3) is 5.74. The summed E-state index contributed by atoms with van der Waals surface area (Å²) in [5.41, 5.74) is 0.848. The monoisotopic (exact) mass is 292 g/mol. The molecule has 0 aliphatic carbocycles. The van der Waals surface area contributed by atoms with Crippen LogP contribution >= 0.6 is 0 Å². The Bertz CT molecular complexity index is 484. The second-order valence-electron chi connectivity index (χ2n) is 5.60. The van der Waals surface area contributed by atoms with E-state index in [2.05, 4.69) is 18.8 Å². The number of amides is 1. The molecule has 1 aromatic heterocycles. The molecule has 0 spiro atoms. The van der Waals surface area contributed by atoms with Crippen LogP contribution in [0.15, 0.2) is 17.1 Å². The van der Waals surface area contributed by atoms with Crippen LogP contribution in [0, 0.1) is 6.92 Å². The first-order valence-electron chi connectivity index (χ1n) is 8.08. The van der Waals surface area contributed by atoms with E-state index in [1.54, 1.807) is 6.20 Å². The summed E-state index contributed by atoms with van der Waals surface area (Å²) in [4.78, 5) is 29.4. The Labute approximate surface area is 127 Å². The number of aryl methyl sites for hydroxylation is 1. The fourth-order valence-corrected chi connectivity index (χ4v) is 2.33. The zero-order chi connectivity index (χ0) is 15.7. The number of hydrogen-bond acceptors (Lipinski definition) is 2. The van der Waals surface area contributed by atoms with Crippen molar-refractivity contribution in [1.29, 1.82) is 0 Å². The maximum absolute atomic E-state index is 12.6. The van der Waals surface area contributed by atoms with Gasteiger partial charge < -0.3 is 9.88 Å². The first-order valence-corrected chi connectivity index (χ1v) is 8.08. The third-order valence-corrected chi connectivity index (χ3v) is 3.64. The molecule has 0 fully saturated rings. The van der Waals surface area contributed by atoms with Gasteiger partial charge in [-0.15, -0.1) is 0 Å². The van der Waals surface area contributed by atoms with Crippen molar-refractivity contribution in [1.82, 2.24) is 9.88 Å². The number of unbranched alkanes of at least 4 members (excludes halogenated alkanes) is 4. The van der Waals surface area contributed by atoms with Crippen molar-refractivity contribution in [3.8, 4) is 0 Å². The number of aromatic amines is 1. The van der Waals surface area contributed by atoms with Crippen molar-refractivity contribution in [2.24, 2.45) is 0 Å². The van der Waals surface area contributed by atoms with E-state index >= 15 is 0 Å². The van der Waals surface area contributed by atoms with E-state index < -0.39 is 0 Å². The van der Waals surface area contributed by atoms with Gasteiger partial charge in [-0.05, 0) is 19.8 Å². The van der Waals surface area contributed by atoms with E-state index in [4.69, 9.17) is 0 Å². The molecule has 0 saturated carbocycles. The van der Waals surface area contributed by atoms with Gasteiger partial charge in [0.1, 0.15) is 5.56 Å². The zero-order valence-corrected chi connectivity index (χ0v) is 13.6. The maximum Gasteiger partial charge on any atom is 0.259 e. The summed E-state index contributed by atoms with van der Waals surface area (Å²) in [6, 6.07) is 1.49. The Kier molecular flexibility index (Phi) is 7.80. The van der Waals surface area contributed by atoms with Crippen molar-refractivity contribution in [2.75, 3.05) is 13.1 Å². The SMILES string of the molecule is CCCCCN(CCCCC)C(=O)c1c[nH]c(C)cc1=O. The lowest BCUT2D eigenvalue weighted by Crippen LogP contribution is -2.36. The molecule has 1 N–H and O–H groups in total. The molecule has 21 heavy (non-hydrogen) atoms. The molecule has 1 rings (SSSR count). The lowest BCUT2D eigenvalue weighted by atomic mass is 10.1. The fourth-order valence-electron chi connectivity index (χ4n) is 2.33. The molecule has 118 valence electrons. The molecule has 1 aromatic rings. The molecule has 4 heteroatoms. The van der Waals surface area contributed by atoms with Crippen LogP contribution in [0.2, 0.25) is 0 Å². The zero-order valence-electron chi connectivity index (χ0n) is 13.6. The predicted molar refractivity (Wildman–Crippen MR) is 86.8 cm³/mol. The minimum absolute atomic E-state index is 0.136. The number of nitrogens with zero attached hydrogens (tertiary/aromatic N) is 1. The molecule has 0 aromatic carbocycles. The van der Waals surface area contributed by atoms with Gasteiger partial charge in [0, 0.05) is 31.0 Å². The molecule has 0 radical (unpaired) electrons. The van der Waals surface area contributed by atoms with E-state index in [9.17, 15) is 9.59 Å². The standard InChI is InChI=1S/C17H28N2O2/c1-4-6-8-10-19(11-9-7-5-2)17(21)15-13-18-14(3)12-16(15)20/h12-13H,4-11H2,1-3H3,(H,18,20). The van der Waals surface area contributed by atoms with Crippen LogP contribution < -0.4 is 5.43 Å². The minimum atomic E-state index is -0.188. The predicted octanol–water partition coefficient (Wildman–Crippen LogP) is 3.51. The summed E-state index contributed by atoms with van der Waals surface area (Å²) >= 11 is 0. The highest BCUT2D eigenvalue weighted by molar-refractivity contribution is 5.93. The molecule has 0 bridgehead atoms. The quantitative estimate of drug-likeness (QED) is 0.708. The summed E-state index contributed by atoms with van der Waals surface area (Å²) < 4.78 is 0. The van der Waals surface area contributed by atoms with Gasteiger partial charge in [0.15, 0.2) is 5.43 Å². The fraction of sp³-hybridized carbons (Fsp3) is 0.647. The Balaban J connectivity index is 2.79. The van der Waals surface area contributed by atoms with Crippen molar-refractivity contribution in [2.45, 2.75) is 59.3 Å². The van der Waals surface area contributed by atoms with Gasteiger partial charge in [-0.2, -0.15) is 0 Å². The van der Waals surface area contributed by atoms with E-state index in [1.807, 2.05) is 11.8 Å². The van der Waals surface area contributed by atoms with Gasteiger partial charge in [-0.1, -0.05) is 39.5 Å². The first kappa shape index (κ1) is 17.5. The molecule has 0 atom stereocenters. The number of rotatable bonds is 9. The number of carbonyl (C=O) groups is 1. The van der Waals surface area contributed by atoms with Gasteiger partial charge in [0.25, 0.3) is 5.91 Å². The molecular formula is C17H28N2O2. The Hall–Kier alpha value is -1.58. The molecule has 1 amide bonds. The molecule has 0 aliphatic rings.